The zero-order chi connectivity index (χ0) is 58.8. The predicted octanol–water partition coefficient (Wildman–Crippen LogP) is 13.0. The molecule has 11 atom stereocenters. The Morgan fingerprint density at radius 3 is 1.16 bits per heavy atom. The largest absolute Gasteiger partial charge is 0.462 e. The van der Waals surface area contributed by atoms with Crippen LogP contribution in [0.1, 0.15) is 290 Å². The molecule has 2 rings (SSSR count). The second-order valence-electron chi connectivity index (χ2n) is 23.6. The van der Waals surface area contributed by atoms with Gasteiger partial charge in [0.05, 0.1) is 19.8 Å². The minimum absolute atomic E-state index is 0.162. The normalized spacial score (nSPS) is 23.7. The molecule has 476 valence electrons. The maximum Gasteiger partial charge on any atom is 0.306 e. The first kappa shape index (κ1) is 75.1. The fraction of sp³-hybridized carbons (Fsp3) is 0.909. The minimum Gasteiger partial charge on any atom is -0.462 e. The van der Waals surface area contributed by atoms with Crippen LogP contribution in [0.2, 0.25) is 0 Å². The molecule has 0 aliphatic carbocycles. The van der Waals surface area contributed by atoms with Gasteiger partial charge in [0, 0.05) is 12.8 Å². The number of esters is 2. The molecule has 2 saturated heterocycles. The summed E-state index contributed by atoms with van der Waals surface area (Å²) >= 11 is 0. The molecule has 2 fully saturated rings. The second kappa shape index (κ2) is 52.3. The van der Waals surface area contributed by atoms with E-state index in [2.05, 4.69) is 38.2 Å². The molecule has 15 heteroatoms. The standard InChI is InChI=1S/C66H122O15/c1-3-5-7-9-11-13-15-17-19-21-23-25-27-29-30-32-34-36-38-40-42-44-46-48-57(68)76-51-54(52-77-65-64(75)62(73)60(71)56(81-65)53-78-66-63(74)61(72)59(70)55(50-67)80-66)79-58(69)49-47-45-43-41-39-37-35-33-31-28-26-24-22-20-18-16-14-12-10-8-6-4-2/h32,34,40,42,54-56,59-67,70-75H,3-31,33,35-39,41,43-53H2,1-2H3/b34-32+,42-40+/t54-,55+,56+,59-,60-,61?,62?,63?,64?,65+,66+/m0/s1. The van der Waals surface area contributed by atoms with Crippen LogP contribution in [0.3, 0.4) is 0 Å². The van der Waals surface area contributed by atoms with Gasteiger partial charge in [0.15, 0.2) is 18.7 Å². The number of unbranched alkanes of at least 4 members (excludes halogenated alkanes) is 37. The highest BCUT2D eigenvalue weighted by Crippen LogP contribution is 2.27. The molecule has 0 amide bonds. The lowest BCUT2D eigenvalue weighted by Crippen LogP contribution is -2.61. The third kappa shape index (κ3) is 38.6. The molecule has 0 aromatic carbocycles. The van der Waals surface area contributed by atoms with Gasteiger partial charge < -0.3 is 64.2 Å². The molecule has 2 aliphatic heterocycles. The van der Waals surface area contributed by atoms with Crippen LogP contribution in [0.4, 0.5) is 0 Å². The van der Waals surface area contributed by atoms with E-state index >= 15 is 0 Å². The van der Waals surface area contributed by atoms with Gasteiger partial charge in [0.2, 0.25) is 0 Å². The topological polar surface area (TPSA) is 231 Å². The maximum atomic E-state index is 13.1. The van der Waals surface area contributed by atoms with Crippen LogP contribution < -0.4 is 0 Å². The average Bonchev–Trinajstić information content (AvgIpc) is 3.58. The zero-order valence-electron chi connectivity index (χ0n) is 51.3. The van der Waals surface area contributed by atoms with E-state index in [0.29, 0.717) is 19.3 Å². The van der Waals surface area contributed by atoms with Crippen LogP contribution in [0, 0.1) is 0 Å². The van der Waals surface area contributed by atoms with Gasteiger partial charge in [-0.25, -0.2) is 0 Å². The summed E-state index contributed by atoms with van der Waals surface area (Å²) in [7, 11) is 0. The van der Waals surface area contributed by atoms with Gasteiger partial charge in [-0.15, -0.1) is 0 Å². The Morgan fingerprint density at radius 1 is 0.383 bits per heavy atom. The van der Waals surface area contributed by atoms with Crippen molar-refractivity contribution in [2.24, 2.45) is 0 Å². The Kier molecular flexibility index (Phi) is 48.5. The fourth-order valence-corrected chi connectivity index (χ4v) is 10.8. The van der Waals surface area contributed by atoms with E-state index in [0.717, 1.165) is 38.5 Å². The highest BCUT2D eigenvalue weighted by molar-refractivity contribution is 5.70. The van der Waals surface area contributed by atoms with E-state index in [4.69, 9.17) is 28.4 Å². The van der Waals surface area contributed by atoms with Gasteiger partial charge in [0.25, 0.3) is 0 Å². The van der Waals surface area contributed by atoms with Gasteiger partial charge in [0.1, 0.15) is 55.4 Å². The second-order valence-corrected chi connectivity index (χ2v) is 23.6. The summed E-state index contributed by atoms with van der Waals surface area (Å²) in [5, 5.41) is 72.5. The number of aliphatic hydroxyl groups is 7. The van der Waals surface area contributed by atoms with Crippen molar-refractivity contribution in [1.29, 1.82) is 0 Å². The summed E-state index contributed by atoms with van der Waals surface area (Å²) in [6.45, 7) is 2.63. The number of rotatable bonds is 55. The molecule has 0 spiro atoms. The number of carbonyl (C=O) groups is 2. The Bertz CT molecular complexity index is 1500. The molecular weight excluding hydrogens is 1030 g/mol. The summed E-state index contributed by atoms with van der Waals surface area (Å²) in [4.78, 5) is 26.0. The zero-order valence-corrected chi connectivity index (χ0v) is 51.3. The molecule has 0 aromatic rings. The van der Waals surface area contributed by atoms with E-state index in [1.165, 1.54) is 205 Å². The lowest BCUT2D eigenvalue weighted by molar-refractivity contribution is -0.332. The Morgan fingerprint density at radius 2 is 0.728 bits per heavy atom. The highest BCUT2D eigenvalue weighted by atomic mass is 16.7. The molecule has 0 radical (unpaired) electrons. The van der Waals surface area contributed by atoms with Crippen molar-refractivity contribution in [1.82, 2.24) is 0 Å². The quantitative estimate of drug-likeness (QED) is 0.0171. The molecule has 0 bridgehead atoms. The number of ether oxygens (including phenoxy) is 6. The van der Waals surface area contributed by atoms with E-state index < -0.39 is 92.7 Å². The molecule has 7 N–H and O–H groups in total. The van der Waals surface area contributed by atoms with Gasteiger partial charge in [-0.2, -0.15) is 0 Å². The number of allylic oxidation sites excluding steroid dienone is 4. The lowest BCUT2D eigenvalue weighted by Gasteiger charge is -2.42. The molecule has 4 unspecified atom stereocenters. The van der Waals surface area contributed by atoms with Gasteiger partial charge in [-0.3, -0.25) is 9.59 Å². The van der Waals surface area contributed by atoms with Crippen molar-refractivity contribution in [3.8, 4) is 0 Å². The Hall–Kier alpha value is -2.02. The van der Waals surface area contributed by atoms with E-state index in [1.54, 1.807) is 0 Å². The SMILES string of the molecule is CCCCCCCCCCCCCCCC/C=C/CC/C=C/CCCC(=O)OC[C@@H](CO[C@@H]1O[C@H](CO[C@@H]2O[C@H](CO)[C@H](O)C(O)C2O)[C@H](O)C(O)C1O)OC(=O)CCCCCCCCCCCCCCCCCCCCCCCC. The molecular formula is C66H122O15. The van der Waals surface area contributed by atoms with Crippen molar-refractivity contribution in [2.45, 2.75) is 357 Å². The van der Waals surface area contributed by atoms with Crippen molar-refractivity contribution in [3.05, 3.63) is 24.3 Å². The molecule has 15 nitrogen and oxygen atoms in total. The summed E-state index contributed by atoms with van der Waals surface area (Å²) in [5.41, 5.74) is 0. The van der Waals surface area contributed by atoms with Crippen LogP contribution in [0.5, 0.6) is 0 Å². The third-order valence-electron chi connectivity index (χ3n) is 16.2. The average molecular weight is 1160 g/mol. The third-order valence-corrected chi connectivity index (χ3v) is 16.2. The highest BCUT2D eigenvalue weighted by Gasteiger charge is 2.47. The van der Waals surface area contributed by atoms with E-state index in [-0.39, 0.29) is 26.1 Å². The number of aliphatic hydroxyl groups excluding tert-OH is 7. The van der Waals surface area contributed by atoms with Crippen molar-refractivity contribution < 1.29 is 73.8 Å². The first-order valence-corrected chi connectivity index (χ1v) is 33.4. The van der Waals surface area contributed by atoms with Crippen LogP contribution in [-0.4, -0.2) is 142 Å². The number of carbonyl (C=O) groups excluding carboxylic acids is 2. The molecule has 2 heterocycles. The van der Waals surface area contributed by atoms with Crippen molar-refractivity contribution >= 4 is 11.9 Å². The molecule has 81 heavy (non-hydrogen) atoms. The van der Waals surface area contributed by atoms with Crippen LogP contribution in [-0.2, 0) is 38.0 Å². The predicted molar refractivity (Wildman–Crippen MR) is 321 cm³/mol. The van der Waals surface area contributed by atoms with E-state index in [9.17, 15) is 45.3 Å². The number of hydrogen-bond acceptors (Lipinski definition) is 15. The molecule has 0 aromatic heterocycles. The maximum absolute atomic E-state index is 13.1. The molecule has 0 saturated carbocycles. The van der Waals surface area contributed by atoms with Crippen molar-refractivity contribution in [2.75, 3.05) is 26.4 Å². The summed E-state index contributed by atoms with van der Waals surface area (Å²) in [6.07, 6.45) is 43.6. The smallest absolute Gasteiger partial charge is 0.306 e. The van der Waals surface area contributed by atoms with E-state index in [1.807, 2.05) is 0 Å². The summed E-state index contributed by atoms with van der Waals surface area (Å²) in [5.74, 6) is -0.956. The molecule has 2 aliphatic rings. The first-order chi connectivity index (χ1) is 39.5. The number of hydrogen-bond donors (Lipinski definition) is 7. The van der Waals surface area contributed by atoms with Gasteiger partial charge in [-0.1, -0.05) is 256 Å². The van der Waals surface area contributed by atoms with Crippen molar-refractivity contribution in [3.63, 3.8) is 0 Å². The van der Waals surface area contributed by atoms with Crippen LogP contribution in [0.25, 0.3) is 0 Å². The minimum atomic E-state index is -1.77. The van der Waals surface area contributed by atoms with Gasteiger partial charge in [-0.05, 0) is 44.9 Å². The Labute approximate surface area is 492 Å². The first-order valence-electron chi connectivity index (χ1n) is 33.4. The van der Waals surface area contributed by atoms with Crippen LogP contribution in [0.15, 0.2) is 24.3 Å². The Balaban J connectivity index is 1.70. The van der Waals surface area contributed by atoms with Crippen LogP contribution >= 0.6 is 0 Å². The summed E-state index contributed by atoms with van der Waals surface area (Å²) in [6, 6.07) is 0. The summed E-state index contributed by atoms with van der Waals surface area (Å²) < 4.78 is 33.8. The lowest BCUT2D eigenvalue weighted by atomic mass is 9.98. The fourth-order valence-electron chi connectivity index (χ4n) is 10.8. The monoisotopic (exact) mass is 1150 g/mol. The van der Waals surface area contributed by atoms with Gasteiger partial charge >= 0.3 is 11.9 Å².